The molecular formula is C7H10FN. The smallest absolute Gasteiger partial charge is 0.120 e. The standard InChI is InChI=1S/C7H10FN/c8-6-5-3-1-2-4-9-7(5)6/h1-2,5-7,9H,3-4H2. The van der Waals surface area contributed by atoms with Gasteiger partial charge in [-0.25, -0.2) is 4.39 Å². The molecule has 3 atom stereocenters. The first-order valence-electron chi connectivity index (χ1n) is 3.42. The summed E-state index contributed by atoms with van der Waals surface area (Å²) in [5.41, 5.74) is 0. The van der Waals surface area contributed by atoms with E-state index in [0.717, 1.165) is 13.0 Å². The minimum Gasteiger partial charge on any atom is -0.307 e. The number of hydrogen-bond donors (Lipinski definition) is 1. The van der Waals surface area contributed by atoms with Crippen molar-refractivity contribution in [1.82, 2.24) is 5.32 Å². The molecule has 0 spiro atoms. The van der Waals surface area contributed by atoms with Crippen LogP contribution in [-0.2, 0) is 0 Å². The van der Waals surface area contributed by atoms with Crippen LogP contribution in [0.25, 0.3) is 0 Å². The van der Waals surface area contributed by atoms with Gasteiger partial charge in [0.05, 0.1) is 0 Å². The molecule has 50 valence electrons. The molecule has 0 amide bonds. The lowest BCUT2D eigenvalue weighted by Gasteiger charge is -1.92. The number of nitrogens with one attached hydrogen (secondary N) is 1. The first-order valence-corrected chi connectivity index (χ1v) is 3.42. The Labute approximate surface area is 53.9 Å². The van der Waals surface area contributed by atoms with Crippen LogP contribution in [0.15, 0.2) is 12.2 Å². The van der Waals surface area contributed by atoms with Gasteiger partial charge in [-0.1, -0.05) is 12.2 Å². The number of alkyl halides is 1. The number of fused-ring (bicyclic) bond motifs is 1. The molecule has 1 heterocycles. The predicted octanol–water partition coefficient (Wildman–Crippen LogP) is 0.872. The molecule has 1 N–H and O–H groups in total. The van der Waals surface area contributed by atoms with Crippen LogP contribution in [-0.4, -0.2) is 18.8 Å². The maximum absolute atomic E-state index is 12.6. The van der Waals surface area contributed by atoms with E-state index in [4.69, 9.17) is 0 Å². The lowest BCUT2D eigenvalue weighted by Crippen LogP contribution is -2.18. The van der Waals surface area contributed by atoms with Gasteiger partial charge in [-0.2, -0.15) is 0 Å². The lowest BCUT2D eigenvalue weighted by atomic mass is 10.3. The van der Waals surface area contributed by atoms with Crippen molar-refractivity contribution in [3.05, 3.63) is 12.2 Å². The summed E-state index contributed by atoms with van der Waals surface area (Å²) in [4.78, 5) is 0. The van der Waals surface area contributed by atoms with E-state index in [1.54, 1.807) is 0 Å². The number of rotatable bonds is 0. The Kier molecular flexibility index (Phi) is 1.09. The Bertz CT molecular complexity index is 144. The molecule has 1 aliphatic carbocycles. The molecule has 2 aliphatic rings. The van der Waals surface area contributed by atoms with Crippen LogP contribution >= 0.6 is 0 Å². The largest absolute Gasteiger partial charge is 0.307 e. The molecule has 0 aromatic carbocycles. The van der Waals surface area contributed by atoms with Gasteiger partial charge in [-0.3, -0.25) is 0 Å². The third kappa shape index (κ3) is 0.778. The van der Waals surface area contributed by atoms with Crippen molar-refractivity contribution in [2.24, 2.45) is 5.92 Å². The van der Waals surface area contributed by atoms with E-state index in [9.17, 15) is 4.39 Å². The Morgan fingerprint density at radius 1 is 1.44 bits per heavy atom. The molecule has 2 heteroatoms. The summed E-state index contributed by atoms with van der Waals surface area (Å²) < 4.78 is 12.6. The van der Waals surface area contributed by atoms with Gasteiger partial charge in [0.1, 0.15) is 6.17 Å². The molecule has 1 nitrogen and oxygen atoms in total. The highest BCUT2D eigenvalue weighted by Crippen LogP contribution is 2.38. The fourth-order valence-corrected chi connectivity index (χ4v) is 1.41. The van der Waals surface area contributed by atoms with Crippen molar-refractivity contribution in [3.63, 3.8) is 0 Å². The highest BCUT2D eigenvalue weighted by atomic mass is 19.1. The van der Waals surface area contributed by atoms with E-state index in [1.165, 1.54) is 0 Å². The van der Waals surface area contributed by atoms with E-state index in [-0.39, 0.29) is 6.04 Å². The Balaban J connectivity index is 2.01. The number of allylic oxidation sites excluding steroid dienone is 1. The average Bonchev–Trinajstić information content (AvgIpc) is 2.51. The summed E-state index contributed by atoms with van der Waals surface area (Å²) in [5.74, 6) is 0.295. The van der Waals surface area contributed by atoms with Gasteiger partial charge in [0.15, 0.2) is 0 Å². The normalized spacial score (nSPS) is 47.9. The van der Waals surface area contributed by atoms with E-state index in [2.05, 4.69) is 17.5 Å². The summed E-state index contributed by atoms with van der Waals surface area (Å²) in [7, 11) is 0. The van der Waals surface area contributed by atoms with Crippen LogP contribution in [0.1, 0.15) is 6.42 Å². The molecule has 3 unspecified atom stereocenters. The van der Waals surface area contributed by atoms with Crippen LogP contribution in [0.4, 0.5) is 4.39 Å². The maximum Gasteiger partial charge on any atom is 0.120 e. The Hall–Kier alpha value is -0.370. The second-order valence-electron chi connectivity index (χ2n) is 2.75. The van der Waals surface area contributed by atoms with E-state index < -0.39 is 6.17 Å². The zero-order valence-corrected chi connectivity index (χ0v) is 5.18. The zero-order chi connectivity index (χ0) is 6.27. The van der Waals surface area contributed by atoms with Crippen molar-refractivity contribution < 1.29 is 4.39 Å². The van der Waals surface area contributed by atoms with Gasteiger partial charge in [-0.15, -0.1) is 0 Å². The third-order valence-electron chi connectivity index (χ3n) is 2.12. The first-order chi connectivity index (χ1) is 4.39. The molecule has 0 aromatic heterocycles. The van der Waals surface area contributed by atoms with E-state index >= 15 is 0 Å². The quantitative estimate of drug-likeness (QED) is 0.476. The summed E-state index contributed by atoms with van der Waals surface area (Å²) in [5, 5.41) is 3.11. The monoisotopic (exact) mass is 127 g/mol. The molecular weight excluding hydrogens is 117 g/mol. The topological polar surface area (TPSA) is 12.0 Å². The zero-order valence-electron chi connectivity index (χ0n) is 5.18. The predicted molar refractivity (Wildman–Crippen MR) is 33.9 cm³/mol. The fourth-order valence-electron chi connectivity index (χ4n) is 1.41. The molecule has 1 saturated carbocycles. The van der Waals surface area contributed by atoms with Gasteiger partial charge in [0, 0.05) is 18.5 Å². The molecule has 0 radical (unpaired) electrons. The van der Waals surface area contributed by atoms with Crippen molar-refractivity contribution >= 4 is 0 Å². The SMILES string of the molecule is FC1C2CC=CCNC12. The highest BCUT2D eigenvalue weighted by molar-refractivity contribution is 5.10. The number of halogens is 1. The summed E-state index contributed by atoms with van der Waals surface area (Å²) in [6, 6.07) is 0.181. The van der Waals surface area contributed by atoms with Crippen LogP contribution in [0.3, 0.4) is 0 Å². The number of hydrogen-bond acceptors (Lipinski definition) is 1. The molecule has 2 rings (SSSR count). The van der Waals surface area contributed by atoms with Crippen molar-refractivity contribution in [2.45, 2.75) is 18.6 Å². The molecule has 1 fully saturated rings. The van der Waals surface area contributed by atoms with Gasteiger partial charge >= 0.3 is 0 Å². The van der Waals surface area contributed by atoms with Crippen LogP contribution in [0.2, 0.25) is 0 Å². The molecule has 0 saturated heterocycles. The summed E-state index contributed by atoms with van der Waals surface area (Å²) in [6.07, 6.45) is 4.50. The van der Waals surface area contributed by atoms with Crippen molar-refractivity contribution in [2.75, 3.05) is 6.54 Å². The Morgan fingerprint density at radius 2 is 2.33 bits per heavy atom. The summed E-state index contributed by atoms with van der Waals surface area (Å²) in [6.45, 7) is 0.849. The third-order valence-corrected chi connectivity index (χ3v) is 2.12. The molecule has 9 heavy (non-hydrogen) atoms. The van der Waals surface area contributed by atoms with Crippen LogP contribution < -0.4 is 5.32 Å². The minimum absolute atomic E-state index is 0.181. The molecule has 0 bridgehead atoms. The Morgan fingerprint density at radius 3 is 3.22 bits per heavy atom. The van der Waals surface area contributed by atoms with Gasteiger partial charge in [0.2, 0.25) is 0 Å². The fraction of sp³-hybridized carbons (Fsp3) is 0.714. The first kappa shape index (κ1) is 5.42. The lowest BCUT2D eigenvalue weighted by molar-refractivity contribution is 0.432. The van der Waals surface area contributed by atoms with Gasteiger partial charge in [-0.05, 0) is 6.42 Å². The van der Waals surface area contributed by atoms with E-state index in [0.29, 0.717) is 5.92 Å². The van der Waals surface area contributed by atoms with Gasteiger partial charge < -0.3 is 5.32 Å². The maximum atomic E-state index is 12.6. The van der Waals surface area contributed by atoms with Crippen molar-refractivity contribution in [3.8, 4) is 0 Å². The minimum atomic E-state index is -0.560. The summed E-state index contributed by atoms with van der Waals surface area (Å²) >= 11 is 0. The van der Waals surface area contributed by atoms with E-state index in [1.807, 2.05) is 0 Å². The highest BCUT2D eigenvalue weighted by Gasteiger charge is 2.50. The van der Waals surface area contributed by atoms with Crippen LogP contribution in [0, 0.1) is 5.92 Å². The van der Waals surface area contributed by atoms with Crippen LogP contribution in [0.5, 0.6) is 0 Å². The van der Waals surface area contributed by atoms with Gasteiger partial charge in [0.25, 0.3) is 0 Å². The molecule has 1 aliphatic heterocycles. The average molecular weight is 127 g/mol. The second-order valence-corrected chi connectivity index (χ2v) is 2.75. The van der Waals surface area contributed by atoms with Crippen molar-refractivity contribution in [1.29, 1.82) is 0 Å². The molecule has 0 aromatic rings. The second kappa shape index (κ2) is 1.81.